The van der Waals surface area contributed by atoms with Gasteiger partial charge < -0.3 is 4.74 Å². The molecule has 3 rings (SSSR count). The van der Waals surface area contributed by atoms with Gasteiger partial charge in [-0.05, 0) is 35.9 Å². The van der Waals surface area contributed by atoms with Crippen molar-refractivity contribution in [1.82, 2.24) is 20.2 Å². The molecule has 1 saturated heterocycles. The van der Waals surface area contributed by atoms with Crippen LogP contribution >= 0.6 is 11.8 Å². The van der Waals surface area contributed by atoms with Crippen LogP contribution < -0.4 is 0 Å². The van der Waals surface area contributed by atoms with Gasteiger partial charge in [0, 0.05) is 6.42 Å². The minimum Gasteiger partial charge on any atom is -0.465 e. The number of benzene rings is 1. The van der Waals surface area contributed by atoms with E-state index >= 15 is 0 Å². The average molecular weight is 290 g/mol. The molecule has 0 radical (unpaired) electrons. The molecule has 2 heterocycles. The first-order valence-electron chi connectivity index (χ1n) is 6.34. The highest BCUT2D eigenvalue weighted by Gasteiger charge is 2.29. The van der Waals surface area contributed by atoms with Crippen molar-refractivity contribution >= 4 is 17.7 Å². The van der Waals surface area contributed by atoms with Crippen LogP contribution in [0.25, 0.3) is 5.69 Å². The zero-order valence-electron chi connectivity index (χ0n) is 11.2. The number of aryl methyl sites for hydroxylation is 2. The van der Waals surface area contributed by atoms with Crippen molar-refractivity contribution in [2.45, 2.75) is 30.7 Å². The number of tetrazole rings is 1. The van der Waals surface area contributed by atoms with Gasteiger partial charge in [0.25, 0.3) is 0 Å². The molecule has 20 heavy (non-hydrogen) atoms. The van der Waals surface area contributed by atoms with E-state index in [1.165, 1.54) is 17.3 Å². The fourth-order valence-corrected chi connectivity index (χ4v) is 3.11. The molecular formula is C13H14N4O2S. The number of cyclic esters (lactones) is 1. The molecule has 0 N–H and O–H groups in total. The Bertz CT molecular complexity index is 656. The number of ether oxygens (including phenoxy) is 1. The van der Waals surface area contributed by atoms with Gasteiger partial charge in [-0.15, -0.1) is 5.10 Å². The van der Waals surface area contributed by atoms with Gasteiger partial charge in [-0.25, -0.2) is 0 Å². The number of thioether (sulfide) groups is 1. The highest BCUT2D eigenvalue weighted by molar-refractivity contribution is 8.00. The summed E-state index contributed by atoms with van der Waals surface area (Å²) >= 11 is 1.35. The highest BCUT2D eigenvalue weighted by Crippen LogP contribution is 2.29. The lowest BCUT2D eigenvalue weighted by Gasteiger charge is -2.09. The second kappa shape index (κ2) is 5.24. The summed E-state index contributed by atoms with van der Waals surface area (Å²) in [5, 5.41) is 12.2. The fourth-order valence-electron chi connectivity index (χ4n) is 2.16. The Balaban J connectivity index is 1.91. The van der Waals surface area contributed by atoms with E-state index in [2.05, 4.69) is 21.6 Å². The second-order valence-corrected chi connectivity index (χ2v) is 5.90. The molecule has 0 saturated carbocycles. The number of aromatic nitrogens is 4. The van der Waals surface area contributed by atoms with Crippen LogP contribution in [0.5, 0.6) is 0 Å². The fraction of sp³-hybridized carbons (Fsp3) is 0.385. The molecule has 0 bridgehead atoms. The molecular weight excluding hydrogens is 276 g/mol. The zero-order valence-corrected chi connectivity index (χ0v) is 12.1. The van der Waals surface area contributed by atoms with E-state index in [4.69, 9.17) is 4.74 Å². The summed E-state index contributed by atoms with van der Waals surface area (Å²) in [5.41, 5.74) is 3.20. The van der Waals surface area contributed by atoms with E-state index in [-0.39, 0.29) is 11.2 Å². The summed E-state index contributed by atoms with van der Waals surface area (Å²) in [7, 11) is 0. The normalized spacial score (nSPS) is 18.3. The van der Waals surface area contributed by atoms with Gasteiger partial charge in [-0.3, -0.25) is 4.79 Å². The van der Waals surface area contributed by atoms with E-state index in [1.54, 1.807) is 4.68 Å². The third kappa shape index (κ3) is 2.40. The third-order valence-corrected chi connectivity index (χ3v) is 4.33. The Morgan fingerprint density at radius 2 is 2.25 bits per heavy atom. The van der Waals surface area contributed by atoms with Crippen LogP contribution in [0.15, 0.2) is 23.4 Å². The van der Waals surface area contributed by atoms with E-state index in [9.17, 15) is 4.79 Å². The van der Waals surface area contributed by atoms with Crippen molar-refractivity contribution < 1.29 is 9.53 Å². The molecule has 1 aliphatic heterocycles. The largest absolute Gasteiger partial charge is 0.465 e. The van der Waals surface area contributed by atoms with Crippen LogP contribution in [0.1, 0.15) is 17.5 Å². The van der Waals surface area contributed by atoms with Gasteiger partial charge in [-0.2, -0.15) is 4.68 Å². The third-order valence-electron chi connectivity index (χ3n) is 3.16. The van der Waals surface area contributed by atoms with Crippen LogP contribution in [0.2, 0.25) is 0 Å². The molecule has 0 amide bonds. The Morgan fingerprint density at radius 3 is 2.95 bits per heavy atom. The molecule has 6 nitrogen and oxygen atoms in total. The van der Waals surface area contributed by atoms with Crippen LogP contribution in [-0.4, -0.2) is 38.0 Å². The van der Waals surface area contributed by atoms with E-state index in [0.717, 1.165) is 11.3 Å². The molecule has 0 aliphatic carbocycles. The molecule has 2 aromatic rings. The summed E-state index contributed by atoms with van der Waals surface area (Å²) in [4.78, 5) is 11.5. The molecule has 1 aromatic heterocycles. The van der Waals surface area contributed by atoms with Crippen molar-refractivity contribution in [2.24, 2.45) is 0 Å². The lowest BCUT2D eigenvalue weighted by atomic mass is 10.1. The second-order valence-electron chi connectivity index (χ2n) is 4.73. The van der Waals surface area contributed by atoms with Crippen molar-refractivity contribution in [3.8, 4) is 5.69 Å². The Morgan fingerprint density at radius 1 is 1.40 bits per heavy atom. The Kier molecular flexibility index (Phi) is 3.43. The Hall–Kier alpha value is -1.89. The maximum Gasteiger partial charge on any atom is 0.319 e. The average Bonchev–Trinajstić information content (AvgIpc) is 3.01. The minimum atomic E-state index is -0.217. The standard InChI is InChI=1S/C13H14N4O2S/c1-8-3-4-10(9(2)7-8)17-13(14-15-16-17)20-11-5-6-19-12(11)18/h3-4,7,11H,5-6H2,1-2H3/t11-/m1/s1. The molecule has 104 valence electrons. The molecule has 1 aromatic carbocycles. The predicted molar refractivity (Wildman–Crippen MR) is 73.8 cm³/mol. The first-order chi connectivity index (χ1) is 9.65. The van der Waals surface area contributed by atoms with Gasteiger partial charge in [-0.1, -0.05) is 29.5 Å². The molecule has 0 unspecified atom stereocenters. The Labute approximate surface area is 120 Å². The van der Waals surface area contributed by atoms with Gasteiger partial charge in [0.05, 0.1) is 12.3 Å². The lowest BCUT2D eigenvalue weighted by Crippen LogP contribution is -2.11. The molecule has 0 spiro atoms. The van der Waals surface area contributed by atoms with Crippen molar-refractivity contribution in [2.75, 3.05) is 6.61 Å². The van der Waals surface area contributed by atoms with E-state index in [1.807, 2.05) is 26.0 Å². The van der Waals surface area contributed by atoms with E-state index in [0.29, 0.717) is 18.2 Å². The number of carbonyl (C=O) groups is 1. The molecule has 1 fully saturated rings. The topological polar surface area (TPSA) is 69.9 Å². The SMILES string of the molecule is Cc1ccc(-n2nnnc2S[C@@H]2CCOC2=O)c(C)c1. The van der Waals surface area contributed by atoms with Crippen molar-refractivity contribution in [1.29, 1.82) is 0 Å². The smallest absolute Gasteiger partial charge is 0.319 e. The van der Waals surface area contributed by atoms with Gasteiger partial charge in [0.2, 0.25) is 5.16 Å². The number of hydrogen-bond donors (Lipinski definition) is 0. The maximum atomic E-state index is 11.5. The first kappa shape index (κ1) is 13.1. The van der Waals surface area contributed by atoms with Gasteiger partial charge >= 0.3 is 5.97 Å². The van der Waals surface area contributed by atoms with Gasteiger partial charge in [0.15, 0.2) is 0 Å². The van der Waals surface area contributed by atoms with Crippen LogP contribution in [0, 0.1) is 13.8 Å². The van der Waals surface area contributed by atoms with E-state index < -0.39 is 0 Å². The number of rotatable bonds is 3. The number of esters is 1. The monoisotopic (exact) mass is 290 g/mol. The van der Waals surface area contributed by atoms with Crippen molar-refractivity contribution in [3.05, 3.63) is 29.3 Å². The number of carbonyl (C=O) groups excluding carboxylic acids is 1. The van der Waals surface area contributed by atoms with Crippen molar-refractivity contribution in [3.63, 3.8) is 0 Å². The quantitative estimate of drug-likeness (QED) is 0.801. The lowest BCUT2D eigenvalue weighted by molar-refractivity contribution is -0.137. The molecule has 1 atom stereocenters. The molecule has 7 heteroatoms. The predicted octanol–water partition coefficient (Wildman–Crippen LogP) is 1.69. The number of nitrogens with zero attached hydrogens (tertiary/aromatic N) is 4. The first-order valence-corrected chi connectivity index (χ1v) is 7.22. The number of hydrogen-bond acceptors (Lipinski definition) is 6. The summed E-state index contributed by atoms with van der Waals surface area (Å²) in [6.45, 7) is 4.53. The summed E-state index contributed by atoms with van der Waals surface area (Å²) in [5.74, 6) is -0.190. The van der Waals surface area contributed by atoms with Gasteiger partial charge in [0.1, 0.15) is 5.25 Å². The summed E-state index contributed by atoms with van der Waals surface area (Å²) in [6.07, 6.45) is 0.698. The van der Waals surface area contributed by atoms with Crippen LogP contribution in [-0.2, 0) is 9.53 Å². The zero-order chi connectivity index (χ0) is 14.1. The minimum absolute atomic E-state index is 0.190. The summed E-state index contributed by atoms with van der Waals surface area (Å²) in [6, 6.07) is 6.08. The van der Waals surface area contributed by atoms with Crippen LogP contribution in [0.3, 0.4) is 0 Å². The maximum absolute atomic E-state index is 11.5. The summed E-state index contributed by atoms with van der Waals surface area (Å²) < 4.78 is 6.63. The van der Waals surface area contributed by atoms with Crippen LogP contribution in [0.4, 0.5) is 0 Å². The molecule has 1 aliphatic rings. The highest BCUT2D eigenvalue weighted by atomic mass is 32.2.